The van der Waals surface area contributed by atoms with Crippen LogP contribution in [0, 0.1) is 10.1 Å². The zero-order valence-corrected chi connectivity index (χ0v) is 11.5. The molecule has 6 nitrogen and oxygen atoms in total. The van der Waals surface area contributed by atoms with Crippen LogP contribution >= 0.6 is 15.9 Å². The van der Waals surface area contributed by atoms with E-state index in [1.165, 1.54) is 4.68 Å². The second-order valence-corrected chi connectivity index (χ2v) is 4.77. The predicted molar refractivity (Wildman–Crippen MR) is 70.4 cm³/mol. The number of nitrogens with zero attached hydrogens (tertiary/aromatic N) is 3. The topological polar surface area (TPSA) is 73.0 Å². The van der Waals surface area contributed by atoms with E-state index in [0.29, 0.717) is 24.5 Å². The van der Waals surface area contributed by atoms with Gasteiger partial charge in [-0.3, -0.25) is 10.1 Å². The Morgan fingerprint density at radius 2 is 2.35 bits per heavy atom. The number of rotatable bonds is 6. The molecule has 0 spiro atoms. The van der Waals surface area contributed by atoms with E-state index >= 15 is 0 Å². The van der Waals surface area contributed by atoms with Gasteiger partial charge in [0, 0.05) is 18.1 Å². The first-order valence-electron chi connectivity index (χ1n) is 5.24. The molecule has 0 saturated heterocycles. The summed E-state index contributed by atoms with van der Waals surface area (Å²) in [5.41, 5.74) is 0.575. The first-order valence-corrected chi connectivity index (χ1v) is 6.04. The molecule has 1 rings (SSSR count). The molecule has 0 amide bonds. The molecule has 1 N–H and O–H groups in total. The molecule has 7 heteroatoms. The van der Waals surface area contributed by atoms with Crippen molar-refractivity contribution >= 4 is 27.4 Å². The van der Waals surface area contributed by atoms with Crippen molar-refractivity contribution in [3.05, 3.63) is 26.9 Å². The SMILES string of the molecule is C=C(Br)CNc1c([N+](=O)[O-])c(CCC)nn1C. The van der Waals surface area contributed by atoms with E-state index < -0.39 is 4.92 Å². The number of nitro groups is 1. The maximum Gasteiger partial charge on any atom is 0.334 e. The molecule has 1 aromatic heterocycles. The maximum absolute atomic E-state index is 11.1. The molecule has 0 aliphatic heterocycles. The van der Waals surface area contributed by atoms with Gasteiger partial charge in [-0.05, 0) is 6.42 Å². The van der Waals surface area contributed by atoms with Crippen LogP contribution in [0.3, 0.4) is 0 Å². The summed E-state index contributed by atoms with van der Waals surface area (Å²) in [6.07, 6.45) is 1.42. The Hall–Kier alpha value is -1.37. The largest absolute Gasteiger partial charge is 0.360 e. The first-order chi connectivity index (χ1) is 7.97. The number of aromatic nitrogens is 2. The fourth-order valence-electron chi connectivity index (χ4n) is 1.54. The van der Waals surface area contributed by atoms with Gasteiger partial charge in [0.15, 0.2) is 0 Å². The van der Waals surface area contributed by atoms with Crippen molar-refractivity contribution in [2.24, 2.45) is 7.05 Å². The molecular weight excluding hydrogens is 288 g/mol. The lowest BCUT2D eigenvalue weighted by atomic mass is 10.2. The second kappa shape index (κ2) is 5.81. The predicted octanol–water partition coefficient (Wildman–Crippen LogP) is 2.60. The molecule has 17 heavy (non-hydrogen) atoms. The van der Waals surface area contributed by atoms with Gasteiger partial charge in [0.25, 0.3) is 0 Å². The van der Waals surface area contributed by atoms with Crippen molar-refractivity contribution in [1.29, 1.82) is 0 Å². The van der Waals surface area contributed by atoms with Gasteiger partial charge in [0.05, 0.1) is 4.92 Å². The van der Waals surface area contributed by atoms with Crippen LogP contribution in [0.4, 0.5) is 11.5 Å². The third kappa shape index (κ3) is 3.29. The van der Waals surface area contributed by atoms with Gasteiger partial charge < -0.3 is 5.32 Å². The van der Waals surface area contributed by atoms with Crippen molar-refractivity contribution in [3.63, 3.8) is 0 Å². The summed E-state index contributed by atoms with van der Waals surface area (Å²) >= 11 is 3.20. The fraction of sp³-hybridized carbons (Fsp3) is 0.500. The van der Waals surface area contributed by atoms with E-state index in [9.17, 15) is 10.1 Å². The van der Waals surface area contributed by atoms with Crippen molar-refractivity contribution in [2.45, 2.75) is 19.8 Å². The average Bonchev–Trinajstić information content (AvgIpc) is 2.52. The Bertz CT molecular complexity index is 442. The summed E-state index contributed by atoms with van der Waals surface area (Å²) in [6.45, 7) is 6.06. The van der Waals surface area contributed by atoms with Gasteiger partial charge >= 0.3 is 5.69 Å². The minimum absolute atomic E-state index is 0.0584. The molecule has 0 radical (unpaired) electrons. The van der Waals surface area contributed by atoms with Crippen molar-refractivity contribution in [3.8, 4) is 0 Å². The summed E-state index contributed by atoms with van der Waals surface area (Å²) in [6, 6.07) is 0. The Kier molecular flexibility index (Phi) is 4.68. The van der Waals surface area contributed by atoms with Gasteiger partial charge in [-0.2, -0.15) is 5.10 Å². The lowest BCUT2D eigenvalue weighted by molar-refractivity contribution is -0.384. The Labute approximate surface area is 108 Å². The van der Waals surface area contributed by atoms with Crippen LogP contribution in [0.25, 0.3) is 0 Å². The Morgan fingerprint density at radius 3 is 2.82 bits per heavy atom. The number of halogens is 1. The first kappa shape index (κ1) is 13.7. The normalized spacial score (nSPS) is 10.3. The van der Waals surface area contributed by atoms with Crippen molar-refractivity contribution in [1.82, 2.24) is 9.78 Å². The number of hydrogen-bond acceptors (Lipinski definition) is 4. The average molecular weight is 303 g/mol. The van der Waals surface area contributed by atoms with E-state index in [1.54, 1.807) is 7.05 Å². The molecule has 0 aliphatic rings. The van der Waals surface area contributed by atoms with Crippen LogP contribution in [0.1, 0.15) is 19.0 Å². The van der Waals surface area contributed by atoms with E-state index in [1.807, 2.05) is 6.92 Å². The molecule has 0 aromatic carbocycles. The Balaban J connectivity index is 3.08. The molecule has 0 bridgehead atoms. The van der Waals surface area contributed by atoms with Crippen LogP contribution in [0.2, 0.25) is 0 Å². The quantitative estimate of drug-likeness (QED) is 0.647. The minimum Gasteiger partial charge on any atom is -0.360 e. The van der Waals surface area contributed by atoms with Crippen LogP contribution < -0.4 is 5.32 Å². The smallest absolute Gasteiger partial charge is 0.334 e. The van der Waals surface area contributed by atoms with Gasteiger partial charge in [0.1, 0.15) is 5.69 Å². The monoisotopic (exact) mass is 302 g/mol. The van der Waals surface area contributed by atoms with E-state index in [0.717, 1.165) is 10.9 Å². The third-order valence-electron chi connectivity index (χ3n) is 2.21. The van der Waals surface area contributed by atoms with Crippen molar-refractivity contribution in [2.75, 3.05) is 11.9 Å². The second-order valence-electron chi connectivity index (χ2n) is 3.65. The van der Waals surface area contributed by atoms with Crippen molar-refractivity contribution < 1.29 is 4.92 Å². The van der Waals surface area contributed by atoms with Crippen LogP contribution in [-0.4, -0.2) is 21.2 Å². The molecular formula is C10H15BrN4O2. The summed E-state index contributed by atoms with van der Waals surface area (Å²) in [5.74, 6) is 0.416. The fourth-order valence-corrected chi connectivity index (χ4v) is 1.68. The lowest BCUT2D eigenvalue weighted by Gasteiger charge is -2.04. The highest BCUT2D eigenvalue weighted by Crippen LogP contribution is 2.29. The summed E-state index contributed by atoms with van der Waals surface area (Å²) < 4.78 is 2.23. The van der Waals surface area contributed by atoms with E-state index in [-0.39, 0.29) is 5.69 Å². The van der Waals surface area contributed by atoms with Gasteiger partial charge in [0.2, 0.25) is 5.82 Å². The number of aryl methyl sites for hydroxylation is 2. The Morgan fingerprint density at radius 1 is 1.71 bits per heavy atom. The molecule has 0 atom stereocenters. The van der Waals surface area contributed by atoms with Gasteiger partial charge in [-0.1, -0.05) is 35.9 Å². The lowest BCUT2D eigenvalue weighted by Crippen LogP contribution is -2.07. The van der Waals surface area contributed by atoms with Crippen LogP contribution in [0.5, 0.6) is 0 Å². The molecule has 0 saturated carbocycles. The summed E-state index contributed by atoms with van der Waals surface area (Å²) in [7, 11) is 1.69. The molecule has 0 unspecified atom stereocenters. The molecule has 94 valence electrons. The van der Waals surface area contributed by atoms with Crippen LogP contribution in [-0.2, 0) is 13.5 Å². The highest BCUT2D eigenvalue weighted by atomic mass is 79.9. The van der Waals surface area contributed by atoms with E-state index in [2.05, 4.69) is 32.9 Å². The van der Waals surface area contributed by atoms with E-state index in [4.69, 9.17) is 0 Å². The number of hydrogen-bond donors (Lipinski definition) is 1. The zero-order valence-electron chi connectivity index (χ0n) is 9.86. The van der Waals surface area contributed by atoms with Gasteiger partial charge in [-0.15, -0.1) is 0 Å². The maximum atomic E-state index is 11.1. The molecule has 0 fully saturated rings. The standard InChI is InChI=1S/C10H15BrN4O2/c1-4-5-8-9(15(16)17)10(14(3)13-8)12-6-7(2)11/h12H,2,4-6H2,1,3H3. The minimum atomic E-state index is -0.392. The highest BCUT2D eigenvalue weighted by molar-refractivity contribution is 9.11. The highest BCUT2D eigenvalue weighted by Gasteiger charge is 2.25. The van der Waals surface area contributed by atoms with Gasteiger partial charge in [-0.25, -0.2) is 4.68 Å². The zero-order chi connectivity index (χ0) is 13.0. The molecule has 0 aliphatic carbocycles. The third-order valence-corrected chi connectivity index (χ3v) is 2.49. The molecule has 1 heterocycles. The summed E-state index contributed by atoms with van der Waals surface area (Å²) in [4.78, 5) is 10.7. The molecule has 1 aromatic rings. The summed E-state index contributed by atoms with van der Waals surface area (Å²) in [5, 5.41) is 18.2. The van der Waals surface area contributed by atoms with Crippen LogP contribution in [0.15, 0.2) is 11.1 Å². The number of nitrogens with one attached hydrogen (secondary N) is 1. The number of anilines is 1.